The maximum atomic E-state index is 12.2. The molecule has 17 heavy (non-hydrogen) atoms. The van der Waals surface area contributed by atoms with E-state index in [9.17, 15) is 13.2 Å². The minimum absolute atomic E-state index is 0.120. The van der Waals surface area contributed by atoms with Crippen molar-refractivity contribution in [2.24, 2.45) is 5.73 Å². The molecular formula is C12H17NO3S. The molecule has 1 aromatic carbocycles. The smallest absolute Gasteiger partial charge is 0.218 e. The average Bonchev–Trinajstić information content (AvgIpc) is 2.29. The summed E-state index contributed by atoms with van der Waals surface area (Å²) in [5, 5.41) is -0.715. The SMILES string of the molecule is CCCC(CC(N)=O)S(=O)(=O)c1ccccc1. The summed E-state index contributed by atoms with van der Waals surface area (Å²) < 4.78 is 24.5. The summed E-state index contributed by atoms with van der Waals surface area (Å²) in [6, 6.07) is 8.17. The second-order valence-electron chi connectivity index (χ2n) is 3.94. The van der Waals surface area contributed by atoms with Crippen LogP contribution >= 0.6 is 0 Å². The van der Waals surface area contributed by atoms with Gasteiger partial charge in [-0.3, -0.25) is 4.79 Å². The Kier molecular flexibility index (Phi) is 4.69. The van der Waals surface area contributed by atoms with Gasteiger partial charge in [0, 0.05) is 6.42 Å². The first-order chi connectivity index (χ1) is 7.98. The van der Waals surface area contributed by atoms with Crippen LogP contribution in [0.5, 0.6) is 0 Å². The second kappa shape index (κ2) is 5.82. The standard InChI is InChI=1S/C12H17NO3S/c1-2-6-11(9-12(13)14)17(15,16)10-7-4-3-5-8-10/h3-5,7-8,11H,2,6,9H2,1H3,(H2,13,14). The number of rotatable bonds is 6. The molecule has 5 heteroatoms. The molecule has 0 aliphatic rings. The van der Waals surface area contributed by atoms with E-state index in [1.165, 1.54) is 0 Å². The van der Waals surface area contributed by atoms with Gasteiger partial charge in [0.25, 0.3) is 0 Å². The Morgan fingerprint density at radius 3 is 2.35 bits per heavy atom. The van der Waals surface area contributed by atoms with Gasteiger partial charge >= 0.3 is 0 Å². The van der Waals surface area contributed by atoms with Crippen LogP contribution in [0.1, 0.15) is 26.2 Å². The number of primary amides is 1. The summed E-state index contributed by atoms with van der Waals surface area (Å²) in [7, 11) is -3.46. The van der Waals surface area contributed by atoms with E-state index < -0.39 is 21.0 Å². The Morgan fingerprint density at radius 2 is 1.88 bits per heavy atom. The van der Waals surface area contributed by atoms with Gasteiger partial charge in [0.05, 0.1) is 10.1 Å². The molecule has 0 aliphatic carbocycles. The molecule has 1 aromatic rings. The van der Waals surface area contributed by atoms with E-state index in [0.717, 1.165) is 0 Å². The van der Waals surface area contributed by atoms with Crippen molar-refractivity contribution < 1.29 is 13.2 Å². The van der Waals surface area contributed by atoms with Gasteiger partial charge in [-0.05, 0) is 18.6 Å². The van der Waals surface area contributed by atoms with E-state index in [4.69, 9.17) is 5.73 Å². The summed E-state index contributed by atoms with van der Waals surface area (Å²) in [6.07, 6.45) is 1.02. The number of benzene rings is 1. The lowest BCUT2D eigenvalue weighted by Crippen LogP contribution is -2.27. The highest BCUT2D eigenvalue weighted by Gasteiger charge is 2.27. The number of amides is 1. The van der Waals surface area contributed by atoms with Crippen molar-refractivity contribution in [1.82, 2.24) is 0 Å². The predicted octanol–water partition coefficient (Wildman–Crippen LogP) is 1.50. The van der Waals surface area contributed by atoms with Crippen LogP contribution in [0.2, 0.25) is 0 Å². The largest absolute Gasteiger partial charge is 0.370 e. The molecule has 0 saturated heterocycles. The highest BCUT2D eigenvalue weighted by atomic mass is 32.2. The third-order valence-electron chi connectivity index (χ3n) is 2.55. The van der Waals surface area contributed by atoms with Crippen molar-refractivity contribution in [2.75, 3.05) is 0 Å². The molecule has 1 atom stereocenters. The number of carbonyl (C=O) groups is 1. The Hall–Kier alpha value is -1.36. The fourth-order valence-electron chi connectivity index (χ4n) is 1.72. The number of sulfone groups is 1. The molecular weight excluding hydrogens is 238 g/mol. The van der Waals surface area contributed by atoms with E-state index >= 15 is 0 Å². The van der Waals surface area contributed by atoms with Gasteiger partial charge in [0.1, 0.15) is 0 Å². The molecule has 94 valence electrons. The highest BCUT2D eigenvalue weighted by Crippen LogP contribution is 2.21. The second-order valence-corrected chi connectivity index (χ2v) is 6.17. The molecule has 0 radical (unpaired) electrons. The molecule has 0 bridgehead atoms. The molecule has 1 unspecified atom stereocenters. The first kappa shape index (κ1) is 13.7. The molecule has 0 heterocycles. The Labute approximate surface area is 102 Å². The number of carbonyl (C=O) groups excluding carboxylic acids is 1. The first-order valence-corrected chi connectivity index (χ1v) is 7.10. The van der Waals surface area contributed by atoms with Crippen molar-refractivity contribution in [3.63, 3.8) is 0 Å². The number of nitrogens with two attached hydrogens (primary N) is 1. The molecule has 2 N–H and O–H groups in total. The van der Waals surface area contributed by atoms with Gasteiger partial charge in [-0.2, -0.15) is 0 Å². The van der Waals surface area contributed by atoms with E-state index in [-0.39, 0.29) is 11.3 Å². The van der Waals surface area contributed by atoms with Crippen LogP contribution in [-0.4, -0.2) is 19.6 Å². The molecule has 0 aliphatic heterocycles. The fourth-order valence-corrected chi connectivity index (χ4v) is 3.57. The van der Waals surface area contributed by atoms with Crippen LogP contribution in [0, 0.1) is 0 Å². The molecule has 0 aromatic heterocycles. The number of hydrogen-bond acceptors (Lipinski definition) is 3. The normalized spacial score (nSPS) is 13.2. The molecule has 0 spiro atoms. The van der Waals surface area contributed by atoms with Gasteiger partial charge in [-0.15, -0.1) is 0 Å². The maximum Gasteiger partial charge on any atom is 0.218 e. The average molecular weight is 255 g/mol. The van der Waals surface area contributed by atoms with E-state index in [1.807, 2.05) is 6.92 Å². The van der Waals surface area contributed by atoms with E-state index in [2.05, 4.69) is 0 Å². The first-order valence-electron chi connectivity index (χ1n) is 5.55. The van der Waals surface area contributed by atoms with Crippen molar-refractivity contribution in [1.29, 1.82) is 0 Å². The van der Waals surface area contributed by atoms with Crippen LogP contribution in [0.3, 0.4) is 0 Å². The van der Waals surface area contributed by atoms with Crippen molar-refractivity contribution in [3.8, 4) is 0 Å². The third-order valence-corrected chi connectivity index (χ3v) is 4.76. The molecule has 0 saturated carbocycles. The van der Waals surface area contributed by atoms with Crippen molar-refractivity contribution in [3.05, 3.63) is 30.3 Å². The summed E-state index contributed by atoms with van der Waals surface area (Å²) in [4.78, 5) is 11.2. The minimum atomic E-state index is -3.46. The van der Waals surface area contributed by atoms with Crippen molar-refractivity contribution in [2.45, 2.75) is 36.3 Å². The van der Waals surface area contributed by atoms with Gasteiger partial charge in [-0.1, -0.05) is 31.5 Å². The van der Waals surface area contributed by atoms with E-state index in [0.29, 0.717) is 12.8 Å². The lowest BCUT2D eigenvalue weighted by atomic mass is 10.2. The monoisotopic (exact) mass is 255 g/mol. The van der Waals surface area contributed by atoms with Crippen LogP contribution in [0.4, 0.5) is 0 Å². The van der Waals surface area contributed by atoms with Gasteiger partial charge < -0.3 is 5.73 Å². The third kappa shape index (κ3) is 3.56. The summed E-state index contributed by atoms with van der Waals surface area (Å²) in [5.41, 5.74) is 5.10. The van der Waals surface area contributed by atoms with Crippen molar-refractivity contribution >= 4 is 15.7 Å². The Balaban J connectivity index is 3.04. The van der Waals surface area contributed by atoms with Gasteiger partial charge in [-0.25, -0.2) is 8.42 Å². The number of hydrogen-bond donors (Lipinski definition) is 1. The zero-order chi connectivity index (χ0) is 12.9. The molecule has 4 nitrogen and oxygen atoms in total. The Bertz CT molecular complexity index is 468. The van der Waals surface area contributed by atoms with Crippen LogP contribution in [-0.2, 0) is 14.6 Å². The molecule has 1 rings (SSSR count). The van der Waals surface area contributed by atoms with Crippen LogP contribution < -0.4 is 5.73 Å². The predicted molar refractivity (Wildman–Crippen MR) is 66.1 cm³/mol. The zero-order valence-corrected chi connectivity index (χ0v) is 10.6. The molecule has 1 amide bonds. The van der Waals surface area contributed by atoms with E-state index in [1.54, 1.807) is 30.3 Å². The molecule has 0 fully saturated rings. The maximum absolute atomic E-state index is 12.2. The topological polar surface area (TPSA) is 77.2 Å². The highest BCUT2D eigenvalue weighted by molar-refractivity contribution is 7.92. The zero-order valence-electron chi connectivity index (χ0n) is 9.80. The minimum Gasteiger partial charge on any atom is -0.370 e. The summed E-state index contributed by atoms with van der Waals surface area (Å²) in [6.45, 7) is 1.88. The quantitative estimate of drug-likeness (QED) is 0.836. The van der Waals surface area contributed by atoms with Gasteiger partial charge in [0.15, 0.2) is 9.84 Å². The summed E-state index contributed by atoms with van der Waals surface area (Å²) in [5.74, 6) is -0.581. The van der Waals surface area contributed by atoms with Crippen LogP contribution in [0.25, 0.3) is 0 Å². The fraction of sp³-hybridized carbons (Fsp3) is 0.417. The van der Waals surface area contributed by atoms with Crippen LogP contribution in [0.15, 0.2) is 35.2 Å². The lowest BCUT2D eigenvalue weighted by Gasteiger charge is -2.15. The van der Waals surface area contributed by atoms with Gasteiger partial charge in [0.2, 0.25) is 5.91 Å². The Morgan fingerprint density at radius 1 is 1.29 bits per heavy atom. The lowest BCUT2D eigenvalue weighted by molar-refractivity contribution is -0.118. The summed E-state index contributed by atoms with van der Waals surface area (Å²) >= 11 is 0.